The lowest BCUT2D eigenvalue weighted by molar-refractivity contribution is 0.170. The summed E-state index contributed by atoms with van der Waals surface area (Å²) in [6.45, 7) is 2.54. The van der Waals surface area contributed by atoms with Gasteiger partial charge in [-0.25, -0.2) is 4.39 Å². The lowest BCUT2D eigenvalue weighted by Crippen LogP contribution is -2.32. The van der Waals surface area contributed by atoms with Gasteiger partial charge in [-0.2, -0.15) is 0 Å². The monoisotopic (exact) mass is 363 g/mol. The van der Waals surface area contributed by atoms with E-state index in [2.05, 4.69) is 17.6 Å². The Morgan fingerprint density at radius 1 is 1.25 bits per heavy atom. The van der Waals surface area contributed by atoms with Crippen LogP contribution in [0.3, 0.4) is 0 Å². The van der Waals surface area contributed by atoms with E-state index in [1.54, 1.807) is 29.5 Å². The van der Waals surface area contributed by atoms with Crippen molar-refractivity contribution in [2.45, 2.75) is 25.5 Å². The molecule has 0 aliphatic carbocycles. The molecule has 0 saturated heterocycles. The Labute approximate surface area is 149 Å². The lowest BCUT2D eigenvalue weighted by Gasteiger charge is -2.17. The van der Waals surface area contributed by atoms with E-state index in [-0.39, 0.29) is 11.9 Å². The van der Waals surface area contributed by atoms with Crippen LogP contribution < -0.4 is 5.32 Å². The van der Waals surface area contributed by atoms with Crippen LogP contribution in [0, 0.1) is 5.82 Å². The second kappa shape index (κ2) is 7.62. The number of halogens is 2. The van der Waals surface area contributed by atoms with Crippen molar-refractivity contribution in [3.8, 4) is 0 Å². The van der Waals surface area contributed by atoms with Crippen molar-refractivity contribution in [1.29, 1.82) is 0 Å². The van der Waals surface area contributed by atoms with Gasteiger partial charge in [0.05, 0.1) is 6.10 Å². The summed E-state index contributed by atoms with van der Waals surface area (Å²) in [4.78, 5) is 0. The van der Waals surface area contributed by atoms with Crippen LogP contribution >= 0.6 is 22.9 Å². The number of rotatable bonds is 6. The molecule has 0 amide bonds. The molecule has 1 aromatic heterocycles. The molecular weight excluding hydrogens is 345 g/mol. The number of aliphatic hydroxyl groups is 1. The number of hydrogen-bond donors (Lipinski definition) is 2. The first kappa shape index (κ1) is 17.4. The quantitative estimate of drug-likeness (QED) is 0.649. The molecule has 0 saturated carbocycles. The third-order valence-corrected chi connectivity index (χ3v) is 5.27. The molecule has 24 heavy (non-hydrogen) atoms. The first-order valence-electron chi connectivity index (χ1n) is 7.85. The molecule has 0 spiro atoms. The molecule has 2 aromatic carbocycles. The van der Waals surface area contributed by atoms with Gasteiger partial charge >= 0.3 is 0 Å². The molecule has 1 heterocycles. The highest BCUT2D eigenvalue weighted by Gasteiger charge is 2.12. The fourth-order valence-corrected chi connectivity index (χ4v) is 3.96. The second-order valence-electron chi connectivity index (χ2n) is 5.99. The van der Waals surface area contributed by atoms with Gasteiger partial charge in [-0.15, -0.1) is 11.3 Å². The topological polar surface area (TPSA) is 32.3 Å². The SMILES string of the molecule is CC(Cc1csc2cc(F)ccc12)NCC(O)c1cccc(Cl)c1. The molecule has 2 unspecified atom stereocenters. The van der Waals surface area contributed by atoms with E-state index in [0.29, 0.717) is 11.6 Å². The summed E-state index contributed by atoms with van der Waals surface area (Å²) < 4.78 is 14.2. The maximum atomic E-state index is 13.3. The fraction of sp³-hybridized carbons (Fsp3) is 0.263. The van der Waals surface area contributed by atoms with Crippen molar-refractivity contribution in [1.82, 2.24) is 5.32 Å². The molecule has 0 fully saturated rings. The lowest BCUT2D eigenvalue weighted by atomic mass is 10.1. The number of benzene rings is 2. The third kappa shape index (κ3) is 4.14. The summed E-state index contributed by atoms with van der Waals surface area (Å²) in [6.07, 6.45) is 0.230. The standard InChI is InChI=1S/C19H19ClFNOS/c1-12(22-10-18(23)13-3-2-4-15(20)8-13)7-14-11-24-19-9-16(21)5-6-17(14)19/h2-6,8-9,11-12,18,22-23H,7,10H2,1H3. The van der Waals surface area contributed by atoms with E-state index < -0.39 is 6.10 Å². The van der Waals surface area contributed by atoms with Crippen LogP contribution in [0.4, 0.5) is 4.39 Å². The van der Waals surface area contributed by atoms with Crippen LogP contribution in [-0.4, -0.2) is 17.7 Å². The summed E-state index contributed by atoms with van der Waals surface area (Å²) in [6, 6.07) is 12.4. The van der Waals surface area contributed by atoms with Crippen molar-refractivity contribution in [3.05, 3.63) is 69.8 Å². The minimum atomic E-state index is -0.598. The molecule has 2 N–H and O–H groups in total. The first-order valence-corrected chi connectivity index (χ1v) is 9.11. The average molecular weight is 364 g/mol. The number of aliphatic hydroxyl groups excluding tert-OH is 1. The van der Waals surface area contributed by atoms with Gasteiger partial charge in [0, 0.05) is 22.3 Å². The van der Waals surface area contributed by atoms with Crippen molar-refractivity contribution in [2.24, 2.45) is 0 Å². The zero-order valence-corrected chi connectivity index (χ0v) is 14.9. The minimum Gasteiger partial charge on any atom is -0.387 e. The molecule has 3 rings (SSSR count). The number of fused-ring (bicyclic) bond motifs is 1. The molecule has 0 aliphatic rings. The average Bonchev–Trinajstić information content (AvgIpc) is 2.94. The molecule has 2 atom stereocenters. The highest BCUT2D eigenvalue weighted by molar-refractivity contribution is 7.17. The molecule has 0 aliphatic heterocycles. The van der Waals surface area contributed by atoms with Gasteiger partial charge in [-0.3, -0.25) is 0 Å². The van der Waals surface area contributed by atoms with Crippen LogP contribution in [0.1, 0.15) is 24.2 Å². The third-order valence-electron chi connectivity index (χ3n) is 4.04. The van der Waals surface area contributed by atoms with Crippen molar-refractivity contribution < 1.29 is 9.50 Å². The summed E-state index contributed by atoms with van der Waals surface area (Å²) in [5.74, 6) is -0.202. The van der Waals surface area contributed by atoms with E-state index in [0.717, 1.165) is 22.1 Å². The minimum absolute atomic E-state index is 0.196. The van der Waals surface area contributed by atoms with Crippen molar-refractivity contribution in [3.63, 3.8) is 0 Å². The zero-order chi connectivity index (χ0) is 17.1. The highest BCUT2D eigenvalue weighted by atomic mass is 35.5. The number of hydrogen-bond acceptors (Lipinski definition) is 3. The largest absolute Gasteiger partial charge is 0.387 e. The zero-order valence-electron chi connectivity index (χ0n) is 13.3. The molecule has 0 bridgehead atoms. The van der Waals surface area contributed by atoms with Gasteiger partial charge in [0.15, 0.2) is 0 Å². The van der Waals surface area contributed by atoms with Gasteiger partial charge in [0.2, 0.25) is 0 Å². The number of nitrogens with one attached hydrogen (secondary N) is 1. The number of thiophene rings is 1. The molecule has 3 aromatic rings. The smallest absolute Gasteiger partial charge is 0.124 e. The predicted molar refractivity (Wildman–Crippen MR) is 99.4 cm³/mol. The Balaban J connectivity index is 1.60. The van der Waals surface area contributed by atoms with Crippen LogP contribution in [-0.2, 0) is 6.42 Å². The molecule has 126 valence electrons. The Bertz CT molecular complexity index is 835. The fourth-order valence-electron chi connectivity index (χ4n) is 2.76. The van der Waals surface area contributed by atoms with E-state index in [9.17, 15) is 9.50 Å². The van der Waals surface area contributed by atoms with Gasteiger partial charge in [0.1, 0.15) is 5.82 Å². The molecule has 0 radical (unpaired) electrons. The van der Waals surface area contributed by atoms with Crippen LogP contribution in [0.5, 0.6) is 0 Å². The van der Waals surface area contributed by atoms with E-state index in [1.807, 2.05) is 18.2 Å². The van der Waals surface area contributed by atoms with Gasteiger partial charge in [0.25, 0.3) is 0 Å². The molecule has 5 heteroatoms. The van der Waals surface area contributed by atoms with Crippen LogP contribution in [0.15, 0.2) is 47.8 Å². The second-order valence-corrected chi connectivity index (χ2v) is 7.33. The van der Waals surface area contributed by atoms with Gasteiger partial charge < -0.3 is 10.4 Å². The summed E-state index contributed by atoms with van der Waals surface area (Å²) in [5, 5.41) is 17.4. The van der Waals surface area contributed by atoms with Crippen LogP contribution in [0.25, 0.3) is 10.1 Å². The van der Waals surface area contributed by atoms with Gasteiger partial charge in [-0.05, 0) is 59.5 Å². The van der Waals surface area contributed by atoms with E-state index in [4.69, 9.17) is 11.6 Å². The Morgan fingerprint density at radius 2 is 2.08 bits per heavy atom. The van der Waals surface area contributed by atoms with Crippen LogP contribution in [0.2, 0.25) is 5.02 Å². The maximum Gasteiger partial charge on any atom is 0.124 e. The molecule has 2 nitrogen and oxygen atoms in total. The maximum absolute atomic E-state index is 13.3. The Hall–Kier alpha value is -1.46. The van der Waals surface area contributed by atoms with Crippen molar-refractivity contribution >= 4 is 33.0 Å². The Kier molecular flexibility index (Phi) is 5.51. The molecular formula is C19H19ClFNOS. The summed E-state index contributed by atoms with van der Waals surface area (Å²) in [7, 11) is 0. The summed E-state index contributed by atoms with van der Waals surface area (Å²) in [5.41, 5.74) is 2.01. The Morgan fingerprint density at radius 3 is 2.88 bits per heavy atom. The van der Waals surface area contributed by atoms with E-state index >= 15 is 0 Å². The first-order chi connectivity index (χ1) is 11.5. The normalized spacial score (nSPS) is 14.0. The van der Waals surface area contributed by atoms with Gasteiger partial charge in [-0.1, -0.05) is 29.8 Å². The van der Waals surface area contributed by atoms with Crippen molar-refractivity contribution in [2.75, 3.05) is 6.54 Å². The predicted octanol–water partition coefficient (Wildman–Crippen LogP) is 4.95. The summed E-state index contributed by atoms with van der Waals surface area (Å²) >= 11 is 7.52. The van der Waals surface area contributed by atoms with E-state index in [1.165, 1.54) is 11.6 Å². The highest BCUT2D eigenvalue weighted by Crippen LogP contribution is 2.27.